The molecule has 1 aromatic carbocycles. The molecule has 2 heteroatoms. The van der Waals surface area contributed by atoms with Gasteiger partial charge in [-0.3, -0.25) is 0 Å². The molecule has 0 unspecified atom stereocenters. The predicted molar refractivity (Wildman–Crippen MR) is 81.1 cm³/mol. The van der Waals surface area contributed by atoms with Crippen molar-refractivity contribution in [3.05, 3.63) is 59.4 Å². The SMILES string of the molecule is [O-][n+]1cccc(CC2CCCCC2)c1-c1ccccc1. The molecule has 104 valence electrons. The number of pyridine rings is 1. The van der Waals surface area contributed by atoms with Crippen LogP contribution in [0.1, 0.15) is 37.7 Å². The van der Waals surface area contributed by atoms with E-state index in [1.807, 2.05) is 36.4 Å². The largest absolute Gasteiger partial charge is 0.618 e. The molecule has 0 bridgehead atoms. The smallest absolute Gasteiger partial charge is 0.226 e. The summed E-state index contributed by atoms with van der Waals surface area (Å²) in [5.74, 6) is 0.744. The summed E-state index contributed by atoms with van der Waals surface area (Å²) < 4.78 is 1.02. The van der Waals surface area contributed by atoms with E-state index in [1.165, 1.54) is 37.7 Å². The van der Waals surface area contributed by atoms with Crippen LogP contribution in [-0.2, 0) is 6.42 Å². The lowest BCUT2D eigenvalue weighted by Crippen LogP contribution is -2.30. The maximum Gasteiger partial charge on any atom is 0.226 e. The van der Waals surface area contributed by atoms with Crippen LogP contribution in [0, 0.1) is 11.1 Å². The number of nitrogens with zero attached hydrogens (tertiary/aromatic N) is 1. The first-order valence-electron chi connectivity index (χ1n) is 7.61. The third kappa shape index (κ3) is 2.84. The van der Waals surface area contributed by atoms with Gasteiger partial charge in [-0.2, -0.15) is 4.73 Å². The van der Waals surface area contributed by atoms with E-state index in [4.69, 9.17) is 0 Å². The van der Waals surface area contributed by atoms with Crippen LogP contribution in [0.15, 0.2) is 48.7 Å². The van der Waals surface area contributed by atoms with E-state index in [2.05, 4.69) is 6.07 Å². The lowest BCUT2D eigenvalue weighted by atomic mass is 9.84. The molecule has 0 atom stereocenters. The van der Waals surface area contributed by atoms with E-state index in [9.17, 15) is 5.21 Å². The van der Waals surface area contributed by atoms with E-state index in [0.717, 1.165) is 28.3 Å². The van der Waals surface area contributed by atoms with Crippen LogP contribution in [0.5, 0.6) is 0 Å². The quantitative estimate of drug-likeness (QED) is 0.607. The topological polar surface area (TPSA) is 26.9 Å². The van der Waals surface area contributed by atoms with Gasteiger partial charge in [-0.05, 0) is 30.5 Å². The summed E-state index contributed by atoms with van der Waals surface area (Å²) in [6, 6.07) is 14.0. The third-order valence-electron chi connectivity index (χ3n) is 4.32. The third-order valence-corrected chi connectivity index (χ3v) is 4.32. The van der Waals surface area contributed by atoms with E-state index in [1.54, 1.807) is 6.20 Å². The van der Waals surface area contributed by atoms with Gasteiger partial charge in [-0.25, -0.2) is 0 Å². The van der Waals surface area contributed by atoms with Crippen LogP contribution >= 0.6 is 0 Å². The van der Waals surface area contributed by atoms with E-state index in [0.29, 0.717) is 0 Å². The van der Waals surface area contributed by atoms with Crippen molar-refractivity contribution >= 4 is 0 Å². The highest BCUT2D eigenvalue weighted by atomic mass is 16.5. The van der Waals surface area contributed by atoms with E-state index in [-0.39, 0.29) is 0 Å². The lowest BCUT2D eigenvalue weighted by molar-refractivity contribution is -0.594. The molecular weight excluding hydrogens is 246 g/mol. The summed E-state index contributed by atoms with van der Waals surface area (Å²) in [6.45, 7) is 0. The Morgan fingerprint density at radius 2 is 1.70 bits per heavy atom. The lowest BCUT2D eigenvalue weighted by Gasteiger charge is -2.22. The molecular formula is C18H21NO. The predicted octanol–water partition coefficient (Wildman–Crippen LogP) is 4.11. The zero-order valence-electron chi connectivity index (χ0n) is 11.8. The molecule has 1 aromatic heterocycles. The minimum atomic E-state index is 0.744. The first-order valence-corrected chi connectivity index (χ1v) is 7.61. The molecule has 1 saturated carbocycles. The van der Waals surface area contributed by atoms with Crippen molar-refractivity contribution in [1.82, 2.24) is 0 Å². The van der Waals surface area contributed by atoms with Crippen molar-refractivity contribution in [3.63, 3.8) is 0 Å². The normalized spacial score (nSPS) is 16.2. The first-order chi connectivity index (χ1) is 9.84. The van der Waals surface area contributed by atoms with Crippen molar-refractivity contribution in [3.8, 4) is 11.3 Å². The molecule has 0 amide bonds. The Labute approximate surface area is 120 Å². The Balaban J connectivity index is 1.92. The molecule has 1 aliphatic carbocycles. The summed E-state index contributed by atoms with van der Waals surface area (Å²) in [6.07, 6.45) is 9.31. The second-order valence-corrected chi connectivity index (χ2v) is 5.78. The second-order valence-electron chi connectivity index (χ2n) is 5.78. The summed E-state index contributed by atoms with van der Waals surface area (Å²) >= 11 is 0. The molecule has 2 aromatic rings. The molecule has 3 rings (SSSR count). The van der Waals surface area contributed by atoms with Crippen LogP contribution in [0.25, 0.3) is 11.3 Å². The van der Waals surface area contributed by atoms with Gasteiger partial charge in [0.05, 0.1) is 0 Å². The van der Waals surface area contributed by atoms with E-state index < -0.39 is 0 Å². The summed E-state index contributed by atoms with van der Waals surface area (Å²) in [5.41, 5.74) is 3.05. The minimum absolute atomic E-state index is 0.744. The summed E-state index contributed by atoms with van der Waals surface area (Å²) in [5, 5.41) is 12.2. The Morgan fingerprint density at radius 1 is 0.950 bits per heavy atom. The molecule has 0 saturated heterocycles. The van der Waals surface area contributed by atoms with E-state index >= 15 is 0 Å². The molecule has 20 heavy (non-hydrogen) atoms. The number of aromatic nitrogens is 1. The highest BCUT2D eigenvalue weighted by molar-refractivity contribution is 5.60. The monoisotopic (exact) mass is 267 g/mol. The highest BCUT2D eigenvalue weighted by Crippen LogP contribution is 2.29. The number of benzene rings is 1. The Bertz CT molecular complexity index is 559. The Hall–Kier alpha value is -1.83. The van der Waals surface area contributed by atoms with Crippen molar-refractivity contribution < 1.29 is 4.73 Å². The van der Waals surface area contributed by atoms with Gasteiger partial charge in [-0.15, -0.1) is 0 Å². The van der Waals surface area contributed by atoms with Gasteiger partial charge in [0.25, 0.3) is 0 Å². The Morgan fingerprint density at radius 3 is 2.45 bits per heavy atom. The average Bonchev–Trinajstić information content (AvgIpc) is 2.49. The zero-order valence-corrected chi connectivity index (χ0v) is 11.8. The first kappa shape index (κ1) is 13.2. The summed E-state index contributed by atoms with van der Waals surface area (Å²) in [7, 11) is 0. The van der Waals surface area contributed by atoms with Crippen LogP contribution in [-0.4, -0.2) is 0 Å². The molecule has 0 N–H and O–H groups in total. The molecule has 1 heterocycles. The average molecular weight is 267 g/mol. The molecule has 0 spiro atoms. The highest BCUT2D eigenvalue weighted by Gasteiger charge is 2.20. The van der Waals surface area contributed by atoms with Crippen LogP contribution < -0.4 is 4.73 Å². The number of hydrogen-bond acceptors (Lipinski definition) is 1. The maximum absolute atomic E-state index is 12.2. The van der Waals surface area contributed by atoms with Gasteiger partial charge >= 0.3 is 0 Å². The van der Waals surface area contributed by atoms with Gasteiger partial charge in [0.1, 0.15) is 0 Å². The van der Waals surface area contributed by atoms with Crippen LogP contribution in [0.3, 0.4) is 0 Å². The van der Waals surface area contributed by atoms with Crippen molar-refractivity contribution in [2.24, 2.45) is 5.92 Å². The number of rotatable bonds is 3. The zero-order chi connectivity index (χ0) is 13.8. The van der Waals surface area contributed by atoms with Crippen molar-refractivity contribution in [2.45, 2.75) is 38.5 Å². The minimum Gasteiger partial charge on any atom is -0.618 e. The molecule has 1 aliphatic rings. The fourth-order valence-corrected chi connectivity index (χ4v) is 3.31. The van der Waals surface area contributed by atoms with Crippen molar-refractivity contribution in [1.29, 1.82) is 0 Å². The second kappa shape index (κ2) is 6.08. The number of hydrogen-bond donors (Lipinski definition) is 0. The fraction of sp³-hybridized carbons (Fsp3) is 0.389. The molecule has 0 radical (unpaired) electrons. The van der Waals surface area contributed by atoms with Gasteiger partial charge in [0.2, 0.25) is 5.69 Å². The molecule has 0 aliphatic heterocycles. The van der Waals surface area contributed by atoms with Gasteiger partial charge in [-0.1, -0.05) is 50.3 Å². The molecule has 2 nitrogen and oxygen atoms in total. The van der Waals surface area contributed by atoms with Crippen LogP contribution in [0.4, 0.5) is 0 Å². The fourth-order valence-electron chi connectivity index (χ4n) is 3.31. The standard InChI is InChI=1S/C18H21NO/c20-19-13-7-12-17(14-15-8-3-1-4-9-15)18(19)16-10-5-2-6-11-16/h2,5-7,10-13,15H,1,3-4,8-9,14H2. The van der Waals surface area contributed by atoms with Crippen molar-refractivity contribution in [2.75, 3.05) is 0 Å². The summed E-state index contributed by atoms with van der Waals surface area (Å²) in [4.78, 5) is 0. The van der Waals surface area contributed by atoms with Gasteiger partial charge < -0.3 is 5.21 Å². The van der Waals surface area contributed by atoms with Gasteiger partial charge in [0, 0.05) is 17.2 Å². The van der Waals surface area contributed by atoms with Crippen LogP contribution in [0.2, 0.25) is 0 Å². The Kier molecular flexibility index (Phi) is 4.00. The molecule has 1 fully saturated rings. The van der Waals surface area contributed by atoms with Gasteiger partial charge in [0.15, 0.2) is 6.20 Å². The maximum atomic E-state index is 12.2.